The van der Waals surface area contributed by atoms with Gasteiger partial charge in [0.2, 0.25) is 0 Å². The normalized spacial score (nSPS) is 10.8. The lowest BCUT2D eigenvalue weighted by Crippen LogP contribution is -2.15. The van der Waals surface area contributed by atoms with Gasteiger partial charge in [0.1, 0.15) is 5.69 Å². The molecule has 5 nitrogen and oxygen atoms in total. The minimum absolute atomic E-state index is 0.175. The molecule has 0 aliphatic carbocycles. The zero-order chi connectivity index (χ0) is 13.4. The first-order chi connectivity index (χ1) is 9.13. The molecule has 3 rings (SSSR count). The van der Waals surface area contributed by atoms with E-state index in [-0.39, 0.29) is 5.91 Å². The third kappa shape index (κ3) is 2.22. The Hall–Kier alpha value is -2.21. The van der Waals surface area contributed by atoms with Crippen molar-refractivity contribution >= 4 is 33.1 Å². The smallest absolute Gasteiger partial charge is 0.273 e. The molecule has 0 fully saturated rings. The van der Waals surface area contributed by atoms with Gasteiger partial charge in [0, 0.05) is 18.9 Å². The zero-order valence-electron chi connectivity index (χ0n) is 10.5. The molecule has 0 radical (unpaired) electrons. The molecular weight excluding hydrogens is 260 g/mol. The van der Waals surface area contributed by atoms with Crippen molar-refractivity contribution in [1.29, 1.82) is 0 Å². The number of hydrogen-bond donors (Lipinski definition) is 1. The van der Waals surface area contributed by atoms with Gasteiger partial charge in [-0.3, -0.25) is 9.48 Å². The fourth-order valence-electron chi connectivity index (χ4n) is 1.91. The van der Waals surface area contributed by atoms with Gasteiger partial charge in [0.25, 0.3) is 5.91 Å². The fourth-order valence-corrected chi connectivity index (χ4v) is 2.72. The number of carbonyl (C=O) groups is 1. The lowest BCUT2D eigenvalue weighted by molar-refractivity contribution is 0.101. The first kappa shape index (κ1) is 11.9. The van der Waals surface area contributed by atoms with E-state index in [9.17, 15) is 4.79 Å². The zero-order valence-corrected chi connectivity index (χ0v) is 11.4. The van der Waals surface area contributed by atoms with E-state index in [1.54, 1.807) is 35.3 Å². The standard InChI is InChI=1S/C13H12N4OS/c1-8-15-10-7-9(3-4-12(10)19-8)16-13(18)11-5-6-14-17(11)2/h3-7H,1-2H3,(H,16,18). The summed E-state index contributed by atoms with van der Waals surface area (Å²) in [6.45, 7) is 1.97. The number of thiazole rings is 1. The third-order valence-corrected chi connectivity index (χ3v) is 3.76. The van der Waals surface area contributed by atoms with Gasteiger partial charge in [0.15, 0.2) is 0 Å². The van der Waals surface area contributed by atoms with Crippen molar-refractivity contribution in [2.45, 2.75) is 6.92 Å². The average molecular weight is 272 g/mol. The van der Waals surface area contributed by atoms with Crippen LogP contribution < -0.4 is 5.32 Å². The first-order valence-corrected chi connectivity index (χ1v) is 6.62. The molecule has 2 heterocycles. The Kier molecular flexibility index (Phi) is 2.79. The van der Waals surface area contributed by atoms with E-state index in [4.69, 9.17) is 0 Å². The minimum Gasteiger partial charge on any atom is -0.321 e. The molecule has 3 aromatic rings. The molecule has 1 amide bonds. The van der Waals surface area contributed by atoms with Gasteiger partial charge < -0.3 is 5.32 Å². The second-order valence-electron chi connectivity index (χ2n) is 4.21. The first-order valence-electron chi connectivity index (χ1n) is 5.80. The summed E-state index contributed by atoms with van der Waals surface area (Å²) in [6, 6.07) is 7.42. The number of amides is 1. The molecule has 96 valence electrons. The Bertz CT molecular complexity index is 759. The second kappa shape index (κ2) is 4.47. The summed E-state index contributed by atoms with van der Waals surface area (Å²) in [5, 5.41) is 7.85. The van der Waals surface area contributed by atoms with E-state index in [0.717, 1.165) is 20.9 Å². The fraction of sp³-hybridized carbons (Fsp3) is 0.154. The highest BCUT2D eigenvalue weighted by Gasteiger charge is 2.10. The maximum atomic E-state index is 12.0. The number of fused-ring (bicyclic) bond motifs is 1. The molecule has 2 aromatic heterocycles. The van der Waals surface area contributed by atoms with Gasteiger partial charge >= 0.3 is 0 Å². The molecule has 1 aromatic carbocycles. The number of hydrogen-bond acceptors (Lipinski definition) is 4. The number of nitrogens with one attached hydrogen (secondary N) is 1. The molecule has 0 spiro atoms. The van der Waals surface area contributed by atoms with Crippen LogP contribution in [0.15, 0.2) is 30.5 Å². The van der Waals surface area contributed by atoms with Crippen molar-refractivity contribution in [3.8, 4) is 0 Å². The summed E-state index contributed by atoms with van der Waals surface area (Å²) in [5.41, 5.74) is 2.17. The van der Waals surface area contributed by atoms with Crippen LogP contribution in [0, 0.1) is 6.92 Å². The highest BCUT2D eigenvalue weighted by Crippen LogP contribution is 2.24. The number of aryl methyl sites for hydroxylation is 2. The van der Waals surface area contributed by atoms with Crippen LogP contribution in [0.3, 0.4) is 0 Å². The topological polar surface area (TPSA) is 59.8 Å². The van der Waals surface area contributed by atoms with E-state index >= 15 is 0 Å². The monoisotopic (exact) mass is 272 g/mol. The van der Waals surface area contributed by atoms with Gasteiger partial charge in [-0.15, -0.1) is 11.3 Å². The number of carbonyl (C=O) groups excluding carboxylic acids is 1. The molecule has 1 N–H and O–H groups in total. The quantitative estimate of drug-likeness (QED) is 0.780. The predicted octanol–water partition coefficient (Wildman–Crippen LogP) is 2.59. The van der Waals surface area contributed by atoms with Crippen molar-refractivity contribution in [2.24, 2.45) is 7.05 Å². The summed E-state index contributed by atoms with van der Waals surface area (Å²) in [7, 11) is 1.74. The molecule has 0 saturated carbocycles. The van der Waals surface area contributed by atoms with Crippen LogP contribution >= 0.6 is 11.3 Å². The van der Waals surface area contributed by atoms with Crippen LogP contribution in [0.25, 0.3) is 10.2 Å². The van der Waals surface area contributed by atoms with Gasteiger partial charge in [-0.25, -0.2) is 4.98 Å². The summed E-state index contributed by atoms with van der Waals surface area (Å²) in [5.74, 6) is -0.175. The van der Waals surface area contributed by atoms with Crippen LogP contribution in [0.2, 0.25) is 0 Å². The third-order valence-electron chi connectivity index (χ3n) is 2.81. The van der Waals surface area contributed by atoms with Crippen LogP contribution in [0.5, 0.6) is 0 Å². The molecule has 0 aliphatic rings. The number of rotatable bonds is 2. The van der Waals surface area contributed by atoms with Crippen LogP contribution in [-0.2, 0) is 7.05 Å². The predicted molar refractivity (Wildman–Crippen MR) is 75.5 cm³/mol. The van der Waals surface area contributed by atoms with Gasteiger partial charge in [-0.1, -0.05) is 0 Å². The Morgan fingerprint density at radius 3 is 2.95 bits per heavy atom. The van der Waals surface area contributed by atoms with Gasteiger partial charge in [0.05, 0.1) is 15.2 Å². The summed E-state index contributed by atoms with van der Waals surface area (Å²) < 4.78 is 2.66. The Morgan fingerprint density at radius 2 is 2.21 bits per heavy atom. The van der Waals surface area contributed by atoms with Crippen LogP contribution in [-0.4, -0.2) is 20.7 Å². The van der Waals surface area contributed by atoms with E-state index in [1.165, 1.54) is 0 Å². The van der Waals surface area contributed by atoms with E-state index in [1.807, 2.05) is 25.1 Å². The van der Waals surface area contributed by atoms with E-state index < -0.39 is 0 Å². The molecule has 0 bridgehead atoms. The molecule has 0 atom stereocenters. The molecule has 19 heavy (non-hydrogen) atoms. The SMILES string of the molecule is Cc1nc2cc(NC(=O)c3ccnn3C)ccc2s1. The molecule has 0 unspecified atom stereocenters. The number of anilines is 1. The maximum absolute atomic E-state index is 12.0. The van der Waals surface area contributed by atoms with Crippen LogP contribution in [0.4, 0.5) is 5.69 Å². The van der Waals surface area contributed by atoms with Crippen molar-refractivity contribution in [3.63, 3.8) is 0 Å². The second-order valence-corrected chi connectivity index (χ2v) is 5.44. The molecule has 0 saturated heterocycles. The minimum atomic E-state index is -0.175. The van der Waals surface area contributed by atoms with E-state index in [0.29, 0.717) is 5.69 Å². The van der Waals surface area contributed by atoms with Crippen molar-refractivity contribution in [1.82, 2.24) is 14.8 Å². The lowest BCUT2D eigenvalue weighted by Gasteiger charge is -2.05. The Labute approximate surface area is 113 Å². The number of benzene rings is 1. The maximum Gasteiger partial charge on any atom is 0.273 e. The summed E-state index contributed by atoms with van der Waals surface area (Å²) >= 11 is 1.64. The Balaban J connectivity index is 1.89. The van der Waals surface area contributed by atoms with Gasteiger partial charge in [-0.05, 0) is 31.2 Å². The molecule has 0 aliphatic heterocycles. The summed E-state index contributed by atoms with van der Waals surface area (Å²) in [6.07, 6.45) is 1.60. The largest absolute Gasteiger partial charge is 0.321 e. The summed E-state index contributed by atoms with van der Waals surface area (Å²) in [4.78, 5) is 16.5. The van der Waals surface area contributed by atoms with Crippen molar-refractivity contribution in [3.05, 3.63) is 41.2 Å². The number of nitrogens with zero attached hydrogens (tertiary/aromatic N) is 3. The van der Waals surface area contributed by atoms with Crippen molar-refractivity contribution in [2.75, 3.05) is 5.32 Å². The highest BCUT2D eigenvalue weighted by molar-refractivity contribution is 7.18. The van der Waals surface area contributed by atoms with Crippen LogP contribution in [0.1, 0.15) is 15.5 Å². The number of aromatic nitrogens is 3. The average Bonchev–Trinajstić information content (AvgIpc) is 2.93. The van der Waals surface area contributed by atoms with Crippen molar-refractivity contribution < 1.29 is 4.79 Å². The molecule has 6 heteroatoms. The molecular formula is C13H12N4OS. The van der Waals surface area contributed by atoms with E-state index in [2.05, 4.69) is 15.4 Å². The Morgan fingerprint density at radius 1 is 1.37 bits per heavy atom. The lowest BCUT2D eigenvalue weighted by atomic mass is 10.3. The highest BCUT2D eigenvalue weighted by atomic mass is 32.1. The van der Waals surface area contributed by atoms with Gasteiger partial charge in [-0.2, -0.15) is 5.10 Å².